The van der Waals surface area contributed by atoms with Crippen LogP contribution in [-0.4, -0.2) is 46.0 Å². The molecule has 1 aliphatic rings. The van der Waals surface area contributed by atoms with Gasteiger partial charge in [-0.05, 0) is 24.1 Å². The van der Waals surface area contributed by atoms with Gasteiger partial charge in [-0.25, -0.2) is 4.68 Å². The highest BCUT2D eigenvalue weighted by Gasteiger charge is 2.32. The topological polar surface area (TPSA) is 60.2 Å². The van der Waals surface area contributed by atoms with Crippen LogP contribution in [0.1, 0.15) is 18.0 Å². The monoisotopic (exact) mass is 362 g/mol. The van der Waals surface area contributed by atoms with Crippen molar-refractivity contribution in [3.63, 3.8) is 0 Å². The largest absolute Gasteiger partial charge is 0.497 e. The van der Waals surface area contributed by atoms with Crippen molar-refractivity contribution < 1.29 is 9.53 Å². The fraction of sp³-hybridized carbons (Fsp3) is 0.286. The maximum Gasteiger partial charge on any atom is 0.223 e. The molecule has 6 nitrogen and oxygen atoms in total. The molecule has 1 amide bonds. The van der Waals surface area contributed by atoms with Crippen LogP contribution in [0.25, 0.3) is 11.3 Å². The number of carbonyl (C=O) groups excluding carboxylic acids is 1. The Morgan fingerprint density at radius 2 is 1.85 bits per heavy atom. The maximum atomic E-state index is 12.4. The van der Waals surface area contributed by atoms with Crippen LogP contribution in [-0.2, 0) is 11.2 Å². The first-order chi connectivity index (χ1) is 13.2. The summed E-state index contributed by atoms with van der Waals surface area (Å²) in [6.07, 6.45) is 3.22. The molecule has 1 aliphatic heterocycles. The molecule has 0 spiro atoms. The van der Waals surface area contributed by atoms with Gasteiger partial charge in [-0.1, -0.05) is 47.7 Å². The van der Waals surface area contributed by atoms with Gasteiger partial charge in [0, 0.05) is 25.1 Å². The highest BCUT2D eigenvalue weighted by atomic mass is 16.5. The third kappa shape index (κ3) is 3.84. The highest BCUT2D eigenvalue weighted by molar-refractivity contribution is 5.77. The fourth-order valence-electron chi connectivity index (χ4n) is 3.22. The molecule has 27 heavy (non-hydrogen) atoms. The minimum absolute atomic E-state index is 0.186. The Bertz CT molecular complexity index is 899. The van der Waals surface area contributed by atoms with E-state index in [9.17, 15) is 4.79 Å². The molecule has 138 valence electrons. The molecule has 1 saturated heterocycles. The molecule has 0 saturated carbocycles. The van der Waals surface area contributed by atoms with Crippen LogP contribution in [0, 0.1) is 0 Å². The second kappa shape index (κ2) is 7.61. The number of hydrogen-bond acceptors (Lipinski definition) is 4. The number of methoxy groups -OCH3 is 1. The highest BCUT2D eigenvalue weighted by Crippen LogP contribution is 2.24. The Hall–Kier alpha value is -3.15. The molecular formula is C21H22N4O2. The lowest BCUT2D eigenvalue weighted by Crippen LogP contribution is -2.50. The molecular weight excluding hydrogens is 340 g/mol. The second-order valence-electron chi connectivity index (χ2n) is 6.75. The van der Waals surface area contributed by atoms with Crippen LogP contribution in [0.5, 0.6) is 5.75 Å². The van der Waals surface area contributed by atoms with Crippen molar-refractivity contribution in [2.75, 3.05) is 20.2 Å². The van der Waals surface area contributed by atoms with Crippen LogP contribution >= 0.6 is 0 Å². The van der Waals surface area contributed by atoms with Gasteiger partial charge in [0.05, 0.1) is 19.3 Å². The number of amides is 1. The van der Waals surface area contributed by atoms with Gasteiger partial charge < -0.3 is 9.64 Å². The van der Waals surface area contributed by atoms with Crippen molar-refractivity contribution in [1.82, 2.24) is 19.9 Å². The van der Waals surface area contributed by atoms with Gasteiger partial charge in [0.25, 0.3) is 0 Å². The predicted octanol–water partition coefficient (Wildman–Crippen LogP) is 2.97. The third-order valence-electron chi connectivity index (χ3n) is 4.96. The van der Waals surface area contributed by atoms with Crippen LogP contribution in [0.4, 0.5) is 0 Å². The Labute approximate surface area is 158 Å². The lowest BCUT2D eigenvalue weighted by atomic mass is 10.1. The van der Waals surface area contributed by atoms with Crippen molar-refractivity contribution >= 4 is 5.91 Å². The molecule has 0 bridgehead atoms. The summed E-state index contributed by atoms with van der Waals surface area (Å²) in [7, 11) is 1.65. The van der Waals surface area contributed by atoms with Crippen molar-refractivity contribution in [2.24, 2.45) is 0 Å². The molecule has 2 aromatic carbocycles. The van der Waals surface area contributed by atoms with E-state index < -0.39 is 0 Å². The number of rotatable bonds is 6. The second-order valence-corrected chi connectivity index (χ2v) is 6.75. The summed E-state index contributed by atoms with van der Waals surface area (Å²) in [5, 5.41) is 8.48. The molecule has 1 aromatic heterocycles. The quantitative estimate of drug-likeness (QED) is 0.676. The normalized spacial score (nSPS) is 14.0. The summed E-state index contributed by atoms with van der Waals surface area (Å²) in [6, 6.07) is 18.1. The molecule has 6 heteroatoms. The Balaban J connectivity index is 1.27. The van der Waals surface area contributed by atoms with Crippen LogP contribution < -0.4 is 4.74 Å². The van der Waals surface area contributed by atoms with E-state index in [-0.39, 0.29) is 11.9 Å². The number of hydrogen-bond donors (Lipinski definition) is 0. The standard InChI is InChI=1S/C21H22N4O2/c1-27-19-10-7-16(8-11-19)9-12-21(26)24-13-18(14-24)25-15-20(22-23-25)17-5-3-2-4-6-17/h2-8,10-11,15,18H,9,12-14H2,1H3. The van der Waals surface area contributed by atoms with Gasteiger partial charge >= 0.3 is 0 Å². The number of aryl methyl sites for hydroxylation is 1. The fourth-order valence-corrected chi connectivity index (χ4v) is 3.22. The molecule has 0 unspecified atom stereocenters. The average Bonchev–Trinajstić information content (AvgIpc) is 3.16. The first kappa shape index (κ1) is 17.3. The van der Waals surface area contributed by atoms with Crippen LogP contribution in [0.15, 0.2) is 60.8 Å². The maximum absolute atomic E-state index is 12.4. The number of likely N-dealkylation sites (tertiary alicyclic amines) is 1. The first-order valence-electron chi connectivity index (χ1n) is 9.11. The number of carbonyl (C=O) groups is 1. The molecule has 0 radical (unpaired) electrons. The summed E-state index contributed by atoms with van der Waals surface area (Å²) in [5.41, 5.74) is 3.06. The van der Waals surface area contributed by atoms with Gasteiger partial charge in [-0.2, -0.15) is 0 Å². The van der Waals surface area contributed by atoms with E-state index in [0.29, 0.717) is 19.5 Å². The zero-order chi connectivity index (χ0) is 18.6. The van der Waals surface area contributed by atoms with Gasteiger partial charge in [0.15, 0.2) is 0 Å². The van der Waals surface area contributed by atoms with Crippen molar-refractivity contribution in [3.8, 4) is 17.0 Å². The van der Waals surface area contributed by atoms with Gasteiger partial charge in [0.2, 0.25) is 5.91 Å². The minimum Gasteiger partial charge on any atom is -0.497 e. The number of benzene rings is 2. The summed E-state index contributed by atoms with van der Waals surface area (Å²) < 4.78 is 7.03. The minimum atomic E-state index is 0.186. The van der Waals surface area contributed by atoms with Gasteiger partial charge in [-0.3, -0.25) is 4.79 Å². The Morgan fingerprint density at radius 1 is 1.11 bits per heavy atom. The van der Waals surface area contributed by atoms with Crippen molar-refractivity contribution in [2.45, 2.75) is 18.9 Å². The van der Waals surface area contributed by atoms with E-state index in [1.807, 2.05) is 70.4 Å². The van der Waals surface area contributed by atoms with Gasteiger partial charge in [-0.15, -0.1) is 5.10 Å². The number of aromatic nitrogens is 3. The Kier molecular flexibility index (Phi) is 4.87. The zero-order valence-corrected chi connectivity index (χ0v) is 15.3. The van der Waals surface area contributed by atoms with Crippen molar-refractivity contribution in [1.29, 1.82) is 0 Å². The van der Waals surface area contributed by atoms with E-state index in [1.165, 1.54) is 0 Å². The number of ether oxygens (including phenoxy) is 1. The molecule has 0 aliphatic carbocycles. The molecule has 0 N–H and O–H groups in total. The Morgan fingerprint density at radius 3 is 2.56 bits per heavy atom. The average molecular weight is 362 g/mol. The predicted molar refractivity (Wildman–Crippen MR) is 102 cm³/mol. The summed E-state index contributed by atoms with van der Waals surface area (Å²) in [4.78, 5) is 14.3. The van der Waals surface area contributed by atoms with Crippen LogP contribution in [0.2, 0.25) is 0 Å². The van der Waals surface area contributed by atoms with E-state index >= 15 is 0 Å². The molecule has 2 heterocycles. The summed E-state index contributed by atoms with van der Waals surface area (Å²) in [6.45, 7) is 1.39. The van der Waals surface area contributed by atoms with Crippen molar-refractivity contribution in [3.05, 3.63) is 66.4 Å². The third-order valence-corrected chi connectivity index (χ3v) is 4.96. The lowest BCUT2D eigenvalue weighted by Gasteiger charge is -2.39. The molecule has 4 rings (SSSR count). The smallest absolute Gasteiger partial charge is 0.223 e. The molecule has 3 aromatic rings. The first-order valence-corrected chi connectivity index (χ1v) is 9.11. The van der Waals surface area contributed by atoms with E-state index in [1.54, 1.807) is 7.11 Å². The zero-order valence-electron chi connectivity index (χ0n) is 15.3. The molecule has 0 atom stereocenters. The lowest BCUT2D eigenvalue weighted by molar-refractivity contribution is -0.137. The van der Waals surface area contributed by atoms with Crippen LogP contribution in [0.3, 0.4) is 0 Å². The summed E-state index contributed by atoms with van der Waals surface area (Å²) >= 11 is 0. The van der Waals surface area contributed by atoms with E-state index in [0.717, 1.165) is 29.0 Å². The summed E-state index contributed by atoms with van der Waals surface area (Å²) in [5.74, 6) is 1.02. The SMILES string of the molecule is COc1ccc(CCC(=O)N2CC(n3cc(-c4ccccc4)nn3)C2)cc1. The van der Waals surface area contributed by atoms with E-state index in [2.05, 4.69) is 10.3 Å². The van der Waals surface area contributed by atoms with Gasteiger partial charge in [0.1, 0.15) is 11.4 Å². The van der Waals surface area contributed by atoms with E-state index in [4.69, 9.17) is 4.74 Å². The molecule has 1 fully saturated rings. The number of nitrogens with zero attached hydrogens (tertiary/aromatic N) is 4.